The highest BCUT2D eigenvalue weighted by atomic mass is 17.4. The molecule has 0 spiro atoms. The third kappa shape index (κ3) is 5.43. The van der Waals surface area contributed by atoms with Crippen LogP contribution in [0.25, 0.3) is 0 Å². The lowest BCUT2D eigenvalue weighted by molar-refractivity contribution is -0.178. The predicted molar refractivity (Wildman–Crippen MR) is 91.0 cm³/mol. The van der Waals surface area contributed by atoms with Gasteiger partial charge < -0.3 is 9.84 Å². The minimum Gasteiger partial charge on any atom is -0.455 e. The van der Waals surface area contributed by atoms with E-state index < -0.39 is 23.5 Å². The van der Waals surface area contributed by atoms with Gasteiger partial charge in [-0.15, -0.1) is 0 Å². The first-order valence-corrected chi connectivity index (χ1v) is 9.13. The van der Waals surface area contributed by atoms with Crippen molar-refractivity contribution in [1.29, 1.82) is 0 Å². The van der Waals surface area contributed by atoms with Gasteiger partial charge in [0.15, 0.2) is 0 Å². The minimum absolute atomic E-state index is 0.0577. The molecule has 24 heavy (non-hydrogen) atoms. The summed E-state index contributed by atoms with van der Waals surface area (Å²) < 4.78 is 5.76. The smallest absolute Gasteiger partial charge is 0.373 e. The number of ether oxygens (including phenoxy) is 1. The second-order valence-corrected chi connectivity index (χ2v) is 9.93. The SMILES string of the molecule is CC(C)(C)CCCCC1(C(=O)OC2(C)CC(O)CC(C)(C)C2)OO1. The van der Waals surface area contributed by atoms with Crippen LogP contribution < -0.4 is 0 Å². The Hall–Kier alpha value is -0.650. The number of carbonyl (C=O) groups excluding carboxylic acids is 1. The molecule has 140 valence electrons. The fourth-order valence-corrected chi connectivity index (χ4v) is 4.06. The van der Waals surface area contributed by atoms with Crippen LogP contribution in [0.15, 0.2) is 0 Å². The molecule has 0 aromatic rings. The number of unbranched alkanes of at least 4 members (excludes halogenated alkanes) is 1. The molecule has 2 rings (SSSR count). The molecule has 0 radical (unpaired) electrons. The van der Waals surface area contributed by atoms with Gasteiger partial charge in [0.2, 0.25) is 0 Å². The number of rotatable bonds is 6. The quantitative estimate of drug-likeness (QED) is 0.340. The summed E-state index contributed by atoms with van der Waals surface area (Å²) in [5, 5.41) is 10.1. The molecule has 0 bridgehead atoms. The number of aliphatic hydroxyl groups excluding tert-OH is 1. The molecular formula is C19H34O5. The van der Waals surface area contributed by atoms with Gasteiger partial charge in [0.05, 0.1) is 6.10 Å². The molecule has 0 amide bonds. The van der Waals surface area contributed by atoms with Crippen molar-refractivity contribution in [3.05, 3.63) is 0 Å². The lowest BCUT2D eigenvalue weighted by Gasteiger charge is -2.44. The van der Waals surface area contributed by atoms with Crippen LogP contribution in [-0.4, -0.2) is 28.6 Å². The van der Waals surface area contributed by atoms with E-state index in [1.54, 1.807) is 0 Å². The second kappa shape index (κ2) is 6.58. The lowest BCUT2D eigenvalue weighted by Crippen LogP contribution is -2.47. The van der Waals surface area contributed by atoms with Crippen molar-refractivity contribution in [2.45, 2.75) is 104 Å². The third-order valence-corrected chi connectivity index (χ3v) is 4.93. The van der Waals surface area contributed by atoms with Crippen LogP contribution in [-0.2, 0) is 19.3 Å². The zero-order valence-electron chi connectivity index (χ0n) is 16.1. The van der Waals surface area contributed by atoms with Crippen LogP contribution in [0, 0.1) is 10.8 Å². The van der Waals surface area contributed by atoms with Crippen LogP contribution >= 0.6 is 0 Å². The Labute approximate surface area is 146 Å². The summed E-state index contributed by atoms with van der Waals surface area (Å²) in [6.45, 7) is 12.7. The Balaban J connectivity index is 1.87. The molecule has 0 aromatic heterocycles. The standard InChI is InChI=1S/C19H34O5/c1-16(2,3)9-7-8-10-19(23-24-19)15(21)22-18(6)12-14(20)11-17(4,5)13-18/h14,20H,7-13H2,1-6H3. The molecule has 5 nitrogen and oxygen atoms in total. The monoisotopic (exact) mass is 342 g/mol. The normalized spacial score (nSPS) is 31.5. The van der Waals surface area contributed by atoms with E-state index in [4.69, 9.17) is 14.5 Å². The van der Waals surface area contributed by atoms with Crippen molar-refractivity contribution in [3.8, 4) is 0 Å². The van der Waals surface area contributed by atoms with Gasteiger partial charge in [-0.2, -0.15) is 9.78 Å². The highest BCUT2D eigenvalue weighted by Crippen LogP contribution is 2.45. The van der Waals surface area contributed by atoms with Crippen molar-refractivity contribution in [3.63, 3.8) is 0 Å². The maximum absolute atomic E-state index is 12.6. The van der Waals surface area contributed by atoms with Gasteiger partial charge in [0, 0.05) is 12.8 Å². The van der Waals surface area contributed by atoms with Crippen molar-refractivity contribution in [2.75, 3.05) is 0 Å². The van der Waals surface area contributed by atoms with Crippen LogP contribution in [0.1, 0.15) is 86.5 Å². The van der Waals surface area contributed by atoms with E-state index >= 15 is 0 Å². The minimum atomic E-state index is -1.21. The van der Waals surface area contributed by atoms with E-state index in [-0.39, 0.29) is 10.8 Å². The summed E-state index contributed by atoms with van der Waals surface area (Å²) in [6, 6.07) is 0. The Bertz CT molecular complexity index is 461. The lowest BCUT2D eigenvalue weighted by atomic mass is 9.69. The second-order valence-electron chi connectivity index (χ2n) is 9.93. The average Bonchev–Trinajstić information content (AvgIpc) is 3.10. The van der Waals surface area contributed by atoms with Crippen molar-refractivity contribution in [2.24, 2.45) is 10.8 Å². The molecule has 1 aliphatic carbocycles. The van der Waals surface area contributed by atoms with Crippen molar-refractivity contribution < 1.29 is 24.4 Å². The number of aliphatic hydroxyl groups is 1. The highest BCUT2D eigenvalue weighted by Gasteiger charge is 2.59. The maximum Gasteiger partial charge on any atom is 0.373 e. The van der Waals surface area contributed by atoms with Gasteiger partial charge in [0.1, 0.15) is 5.60 Å². The first kappa shape index (κ1) is 19.7. The summed E-state index contributed by atoms with van der Waals surface area (Å²) in [7, 11) is 0. The van der Waals surface area contributed by atoms with Crippen molar-refractivity contribution in [1.82, 2.24) is 0 Å². The van der Waals surface area contributed by atoms with E-state index in [1.165, 1.54) is 0 Å². The topological polar surface area (TPSA) is 71.6 Å². The molecule has 1 heterocycles. The number of hydrogen-bond acceptors (Lipinski definition) is 5. The predicted octanol–water partition coefficient (Wildman–Crippen LogP) is 4.12. The first-order valence-electron chi connectivity index (χ1n) is 9.13. The highest BCUT2D eigenvalue weighted by molar-refractivity contribution is 5.79. The van der Waals surface area contributed by atoms with E-state index in [0.29, 0.717) is 12.8 Å². The fraction of sp³-hybridized carbons (Fsp3) is 0.947. The van der Waals surface area contributed by atoms with Crippen molar-refractivity contribution >= 4 is 5.97 Å². The molecule has 0 aromatic carbocycles. The Kier molecular flexibility index (Phi) is 5.39. The largest absolute Gasteiger partial charge is 0.455 e. The van der Waals surface area contributed by atoms with Crippen LogP contribution in [0.3, 0.4) is 0 Å². The zero-order chi connectivity index (χ0) is 18.2. The third-order valence-electron chi connectivity index (χ3n) is 4.93. The van der Waals surface area contributed by atoms with Gasteiger partial charge >= 0.3 is 11.8 Å². The fourth-order valence-electron chi connectivity index (χ4n) is 4.06. The first-order chi connectivity index (χ1) is 10.9. The molecule has 1 saturated carbocycles. The van der Waals surface area contributed by atoms with E-state index in [0.717, 1.165) is 32.1 Å². The average molecular weight is 342 g/mol. The molecular weight excluding hydrogens is 308 g/mol. The van der Waals surface area contributed by atoms with Crippen LogP contribution in [0.4, 0.5) is 0 Å². The van der Waals surface area contributed by atoms with Gasteiger partial charge in [0.25, 0.3) is 0 Å². The van der Waals surface area contributed by atoms with Gasteiger partial charge in [-0.1, -0.05) is 41.0 Å². The van der Waals surface area contributed by atoms with Gasteiger partial charge in [-0.3, -0.25) is 0 Å². The molecule has 2 aliphatic rings. The molecule has 1 aliphatic heterocycles. The van der Waals surface area contributed by atoms with Crippen LogP contribution in [0.5, 0.6) is 0 Å². The van der Waals surface area contributed by atoms with Gasteiger partial charge in [-0.05, 0) is 43.4 Å². The molecule has 5 heteroatoms. The molecule has 2 fully saturated rings. The summed E-state index contributed by atoms with van der Waals surface area (Å²) in [5.41, 5.74) is -0.444. The Morgan fingerprint density at radius 1 is 1.17 bits per heavy atom. The summed E-state index contributed by atoms with van der Waals surface area (Å²) >= 11 is 0. The van der Waals surface area contributed by atoms with E-state index in [2.05, 4.69) is 34.6 Å². The molecule has 1 N–H and O–H groups in total. The number of esters is 1. The Morgan fingerprint density at radius 3 is 2.29 bits per heavy atom. The van der Waals surface area contributed by atoms with E-state index in [9.17, 15) is 9.90 Å². The Morgan fingerprint density at radius 2 is 1.79 bits per heavy atom. The number of carbonyl (C=O) groups is 1. The molecule has 2 atom stereocenters. The maximum atomic E-state index is 12.6. The molecule has 1 saturated heterocycles. The van der Waals surface area contributed by atoms with E-state index in [1.807, 2.05) is 6.92 Å². The summed E-state index contributed by atoms with van der Waals surface area (Å²) in [4.78, 5) is 22.6. The summed E-state index contributed by atoms with van der Waals surface area (Å²) in [6.07, 6.45) is 4.96. The molecule has 2 unspecified atom stereocenters. The zero-order valence-corrected chi connectivity index (χ0v) is 16.1. The van der Waals surface area contributed by atoms with Crippen LogP contribution in [0.2, 0.25) is 0 Å². The van der Waals surface area contributed by atoms with Gasteiger partial charge in [-0.25, -0.2) is 4.79 Å². The number of hydrogen-bond donors (Lipinski definition) is 1. The summed E-state index contributed by atoms with van der Waals surface area (Å²) in [5.74, 6) is -1.67.